The first-order valence-corrected chi connectivity index (χ1v) is 9.90. The lowest BCUT2D eigenvalue weighted by Gasteiger charge is -2.26. The summed E-state index contributed by atoms with van der Waals surface area (Å²) in [6.45, 7) is 2.34. The van der Waals surface area contributed by atoms with Crippen LogP contribution in [0.4, 0.5) is 17.5 Å². The molecule has 27 heavy (non-hydrogen) atoms. The van der Waals surface area contributed by atoms with E-state index in [2.05, 4.69) is 20.6 Å². The highest BCUT2D eigenvalue weighted by atomic mass is 16.6. The Balaban J connectivity index is 1.59. The molecule has 2 N–H and O–H groups in total. The summed E-state index contributed by atoms with van der Waals surface area (Å²) in [7, 11) is 0. The van der Waals surface area contributed by atoms with Crippen molar-refractivity contribution in [3.63, 3.8) is 0 Å². The molecule has 1 aromatic heterocycles. The Labute approximate surface area is 159 Å². The van der Waals surface area contributed by atoms with E-state index in [1.54, 1.807) is 0 Å². The fraction of sp³-hybridized carbons (Fsp3) is 0.722. The van der Waals surface area contributed by atoms with Crippen molar-refractivity contribution in [2.75, 3.05) is 36.8 Å². The Morgan fingerprint density at radius 2 is 1.85 bits per heavy atom. The zero-order valence-corrected chi connectivity index (χ0v) is 15.7. The summed E-state index contributed by atoms with van der Waals surface area (Å²) in [6.07, 6.45) is 10.4. The van der Waals surface area contributed by atoms with Gasteiger partial charge in [0.2, 0.25) is 17.7 Å². The minimum absolute atomic E-state index is 0.00775. The van der Waals surface area contributed by atoms with E-state index in [-0.39, 0.29) is 29.9 Å². The first kappa shape index (κ1) is 19.3. The van der Waals surface area contributed by atoms with Crippen molar-refractivity contribution < 1.29 is 9.72 Å². The summed E-state index contributed by atoms with van der Waals surface area (Å²) >= 11 is 0. The Kier molecular flexibility index (Phi) is 6.78. The van der Waals surface area contributed by atoms with E-state index in [0.29, 0.717) is 12.5 Å². The van der Waals surface area contributed by atoms with Crippen LogP contribution in [0, 0.1) is 16.0 Å². The molecule has 0 radical (unpaired) electrons. The average molecular weight is 376 g/mol. The fourth-order valence-electron chi connectivity index (χ4n) is 3.77. The van der Waals surface area contributed by atoms with Gasteiger partial charge in [0.05, 0.1) is 11.5 Å². The predicted octanol–water partition coefficient (Wildman–Crippen LogP) is 2.80. The van der Waals surface area contributed by atoms with Crippen LogP contribution in [0.2, 0.25) is 0 Å². The van der Waals surface area contributed by atoms with Gasteiger partial charge in [-0.3, -0.25) is 14.9 Å². The number of hydrogen-bond acceptors (Lipinski definition) is 7. The number of hydrogen-bond donors (Lipinski definition) is 2. The van der Waals surface area contributed by atoms with Crippen LogP contribution in [0.3, 0.4) is 0 Å². The lowest BCUT2D eigenvalue weighted by molar-refractivity contribution is -0.384. The lowest BCUT2D eigenvalue weighted by atomic mass is 9.89. The molecule has 2 fully saturated rings. The van der Waals surface area contributed by atoms with Gasteiger partial charge in [-0.1, -0.05) is 19.3 Å². The quantitative estimate of drug-likeness (QED) is 0.555. The van der Waals surface area contributed by atoms with Gasteiger partial charge in [-0.05, 0) is 38.0 Å². The Morgan fingerprint density at radius 1 is 1.15 bits per heavy atom. The van der Waals surface area contributed by atoms with Crippen molar-refractivity contribution in [2.24, 2.45) is 5.92 Å². The third-order valence-electron chi connectivity index (χ3n) is 5.36. The van der Waals surface area contributed by atoms with Gasteiger partial charge in [0, 0.05) is 19.6 Å². The first-order valence-electron chi connectivity index (χ1n) is 9.90. The second-order valence-electron chi connectivity index (χ2n) is 7.36. The molecule has 2 aliphatic rings. The monoisotopic (exact) mass is 376 g/mol. The van der Waals surface area contributed by atoms with Crippen molar-refractivity contribution in [1.29, 1.82) is 0 Å². The van der Waals surface area contributed by atoms with Crippen LogP contribution in [0.15, 0.2) is 6.20 Å². The number of rotatable bonds is 7. The van der Waals surface area contributed by atoms with Gasteiger partial charge < -0.3 is 15.5 Å². The van der Waals surface area contributed by atoms with Gasteiger partial charge in [-0.25, -0.2) is 4.98 Å². The first-order chi connectivity index (χ1) is 13.1. The van der Waals surface area contributed by atoms with Crippen LogP contribution in [0.5, 0.6) is 0 Å². The Bertz CT molecular complexity index is 656. The van der Waals surface area contributed by atoms with E-state index in [4.69, 9.17) is 0 Å². The topological polar surface area (TPSA) is 113 Å². The van der Waals surface area contributed by atoms with E-state index in [9.17, 15) is 14.9 Å². The zero-order chi connectivity index (χ0) is 19.1. The summed E-state index contributed by atoms with van der Waals surface area (Å²) in [5, 5.41) is 17.3. The van der Waals surface area contributed by atoms with E-state index in [1.165, 1.54) is 31.9 Å². The second kappa shape index (κ2) is 9.48. The van der Waals surface area contributed by atoms with Crippen molar-refractivity contribution in [3.8, 4) is 0 Å². The molecule has 1 aliphatic heterocycles. The van der Waals surface area contributed by atoms with Gasteiger partial charge in [-0.15, -0.1) is 0 Å². The number of carbonyl (C=O) groups is 1. The zero-order valence-electron chi connectivity index (χ0n) is 15.7. The summed E-state index contributed by atoms with van der Waals surface area (Å²) in [5.74, 6) is 0.976. The molecule has 0 spiro atoms. The van der Waals surface area contributed by atoms with Crippen LogP contribution < -0.4 is 10.6 Å². The van der Waals surface area contributed by atoms with Crippen molar-refractivity contribution in [3.05, 3.63) is 16.3 Å². The third-order valence-corrected chi connectivity index (χ3v) is 5.36. The molecule has 2 heterocycles. The molecule has 3 rings (SSSR count). The van der Waals surface area contributed by atoms with Crippen LogP contribution >= 0.6 is 0 Å². The van der Waals surface area contributed by atoms with E-state index < -0.39 is 4.92 Å². The van der Waals surface area contributed by atoms with Crippen LogP contribution in [-0.2, 0) is 4.79 Å². The summed E-state index contributed by atoms with van der Waals surface area (Å²) < 4.78 is 0. The number of amides is 1. The number of nitro groups is 1. The lowest BCUT2D eigenvalue weighted by Crippen LogP contribution is -2.39. The third kappa shape index (κ3) is 5.51. The maximum atomic E-state index is 12.2. The number of nitrogens with zero attached hydrogens (tertiary/aromatic N) is 4. The summed E-state index contributed by atoms with van der Waals surface area (Å²) in [5.41, 5.74) is -0.140. The number of aromatic nitrogens is 2. The number of anilines is 2. The molecule has 9 nitrogen and oxygen atoms in total. The number of carbonyl (C=O) groups excluding carboxylic acids is 1. The smallest absolute Gasteiger partial charge is 0.329 e. The molecule has 1 saturated carbocycles. The summed E-state index contributed by atoms with van der Waals surface area (Å²) in [4.78, 5) is 33.1. The van der Waals surface area contributed by atoms with Gasteiger partial charge in [-0.2, -0.15) is 4.98 Å². The van der Waals surface area contributed by atoms with Gasteiger partial charge >= 0.3 is 5.69 Å². The number of likely N-dealkylation sites (tertiary alicyclic amines) is 1. The van der Waals surface area contributed by atoms with Gasteiger partial charge in [0.25, 0.3) is 0 Å². The number of nitrogens with one attached hydrogen (secondary N) is 2. The molecule has 1 aromatic rings. The fourth-order valence-corrected chi connectivity index (χ4v) is 3.77. The Morgan fingerprint density at radius 3 is 2.56 bits per heavy atom. The molecule has 9 heteroatoms. The minimum Gasteiger partial charge on any atom is -0.364 e. The molecule has 1 amide bonds. The summed E-state index contributed by atoms with van der Waals surface area (Å²) in [6, 6.07) is 0. The average Bonchev–Trinajstić information content (AvgIpc) is 2.71. The van der Waals surface area contributed by atoms with E-state index in [1.807, 2.05) is 4.90 Å². The SMILES string of the molecule is O=C(CNc1ncc([N+](=O)[O-])c(NCC2CCCCC2)n1)N1CCCCC1. The highest BCUT2D eigenvalue weighted by molar-refractivity contribution is 5.80. The normalized spacial score (nSPS) is 18.1. The van der Waals surface area contributed by atoms with Gasteiger partial charge in [0.1, 0.15) is 6.20 Å². The van der Waals surface area contributed by atoms with Gasteiger partial charge in [0.15, 0.2) is 0 Å². The van der Waals surface area contributed by atoms with E-state index >= 15 is 0 Å². The Hall–Kier alpha value is -2.45. The maximum absolute atomic E-state index is 12.2. The molecule has 1 aliphatic carbocycles. The molecule has 1 saturated heterocycles. The number of piperidine rings is 1. The highest BCUT2D eigenvalue weighted by Crippen LogP contribution is 2.26. The second-order valence-corrected chi connectivity index (χ2v) is 7.36. The van der Waals surface area contributed by atoms with Crippen molar-refractivity contribution in [2.45, 2.75) is 51.4 Å². The largest absolute Gasteiger partial charge is 0.364 e. The molecule has 0 aromatic carbocycles. The predicted molar refractivity (Wildman–Crippen MR) is 103 cm³/mol. The molecular weight excluding hydrogens is 348 g/mol. The highest BCUT2D eigenvalue weighted by Gasteiger charge is 2.21. The molecule has 0 unspecified atom stereocenters. The maximum Gasteiger partial charge on any atom is 0.329 e. The minimum atomic E-state index is -0.480. The molecule has 0 atom stereocenters. The van der Waals surface area contributed by atoms with Crippen molar-refractivity contribution >= 4 is 23.4 Å². The van der Waals surface area contributed by atoms with Crippen LogP contribution in [0.1, 0.15) is 51.4 Å². The standard InChI is InChI=1S/C18H28N6O3/c25-16(23-9-5-2-6-10-23)13-21-18-20-12-15(24(26)27)17(22-18)19-11-14-7-3-1-4-8-14/h12,14H,1-11,13H2,(H2,19,20,21,22). The van der Waals surface area contributed by atoms with Crippen molar-refractivity contribution in [1.82, 2.24) is 14.9 Å². The molecular formula is C18H28N6O3. The van der Waals surface area contributed by atoms with Crippen LogP contribution in [-0.4, -0.2) is 51.9 Å². The van der Waals surface area contributed by atoms with E-state index in [0.717, 1.165) is 38.8 Å². The van der Waals surface area contributed by atoms with Crippen LogP contribution in [0.25, 0.3) is 0 Å². The molecule has 148 valence electrons. The molecule has 0 bridgehead atoms.